The number of non-ortho nitro benzene ring substituents is 1. The Morgan fingerprint density at radius 3 is 2.64 bits per heavy atom. The van der Waals surface area contributed by atoms with Crippen molar-refractivity contribution in [2.75, 3.05) is 18.9 Å². The molecule has 8 heteroatoms. The predicted octanol–water partition coefficient (Wildman–Crippen LogP) is 2.86. The van der Waals surface area contributed by atoms with Crippen LogP contribution in [0.15, 0.2) is 36.4 Å². The van der Waals surface area contributed by atoms with Gasteiger partial charge in [-0.25, -0.2) is 0 Å². The largest absolute Gasteiger partial charge is 0.326 e. The maximum absolute atomic E-state index is 12.2. The van der Waals surface area contributed by atoms with Gasteiger partial charge in [0.2, 0.25) is 0 Å². The Labute approximate surface area is 155 Å². The normalized spacial score (nSPS) is 11.8. The van der Waals surface area contributed by atoms with Gasteiger partial charge in [-0.2, -0.15) is 0 Å². The first-order valence-electron chi connectivity index (χ1n) is 7.57. The Bertz CT molecular complexity index is 812. The zero-order valence-corrected chi connectivity index (χ0v) is 15.3. The number of nitrogens with zero attached hydrogens (tertiary/aromatic N) is 1. The molecule has 2 N–H and O–H groups in total. The molecule has 1 atom stereocenters. The smallest absolute Gasteiger partial charge is 0.279 e. The lowest BCUT2D eigenvalue weighted by atomic mass is 10.1. The number of nitro groups is 1. The molecule has 0 heterocycles. The van der Waals surface area contributed by atoms with Gasteiger partial charge in [-0.3, -0.25) is 14.9 Å². The number of nitro benzene ring substituents is 1. The standard InChI is InChI=1S/C17H17Cl2N3O3/c1-11-8-13(22(24)25)6-7-15(11)20-16(23)10-21(2)9-12-4-3-5-14(18)17(12)19/h3-8H,9-10H2,1-2H3,(H,20,23)/p+1. The van der Waals surface area contributed by atoms with Crippen LogP contribution in [-0.2, 0) is 11.3 Å². The molecule has 25 heavy (non-hydrogen) atoms. The molecule has 0 saturated heterocycles. The molecular formula is C17H18Cl2N3O3+. The quantitative estimate of drug-likeness (QED) is 0.595. The van der Waals surface area contributed by atoms with E-state index in [9.17, 15) is 14.9 Å². The number of anilines is 1. The summed E-state index contributed by atoms with van der Waals surface area (Å²) in [5.41, 5.74) is 2.06. The van der Waals surface area contributed by atoms with Crippen LogP contribution in [0.1, 0.15) is 11.1 Å². The molecular weight excluding hydrogens is 365 g/mol. The number of nitrogens with one attached hydrogen (secondary N) is 2. The zero-order chi connectivity index (χ0) is 18.6. The highest BCUT2D eigenvalue weighted by Crippen LogP contribution is 2.25. The first-order chi connectivity index (χ1) is 11.8. The number of carbonyl (C=O) groups excluding carboxylic acids is 1. The Balaban J connectivity index is 1.98. The van der Waals surface area contributed by atoms with Crippen LogP contribution in [0.4, 0.5) is 11.4 Å². The van der Waals surface area contributed by atoms with E-state index in [2.05, 4.69) is 5.32 Å². The maximum atomic E-state index is 12.2. The van der Waals surface area contributed by atoms with Gasteiger partial charge in [0.25, 0.3) is 11.6 Å². The van der Waals surface area contributed by atoms with Crippen molar-refractivity contribution in [2.24, 2.45) is 0 Å². The van der Waals surface area contributed by atoms with Crippen molar-refractivity contribution >= 4 is 40.5 Å². The highest BCUT2D eigenvalue weighted by atomic mass is 35.5. The van der Waals surface area contributed by atoms with Gasteiger partial charge in [-0.05, 0) is 24.6 Å². The molecule has 0 radical (unpaired) electrons. The van der Waals surface area contributed by atoms with Crippen LogP contribution in [0.5, 0.6) is 0 Å². The van der Waals surface area contributed by atoms with Gasteiger partial charge in [-0.15, -0.1) is 0 Å². The third-order valence-electron chi connectivity index (χ3n) is 3.68. The number of likely N-dealkylation sites (N-methyl/N-ethyl adjacent to an activating group) is 1. The van der Waals surface area contributed by atoms with Crippen LogP contribution in [0.2, 0.25) is 10.0 Å². The lowest BCUT2D eigenvalue weighted by Crippen LogP contribution is -3.08. The van der Waals surface area contributed by atoms with Gasteiger partial charge in [-0.1, -0.05) is 35.3 Å². The molecule has 0 fully saturated rings. The molecule has 0 saturated carbocycles. The molecule has 1 amide bonds. The van der Waals surface area contributed by atoms with E-state index in [1.165, 1.54) is 18.2 Å². The van der Waals surface area contributed by atoms with E-state index in [1.54, 1.807) is 13.0 Å². The van der Waals surface area contributed by atoms with Gasteiger partial charge in [0.05, 0.1) is 22.0 Å². The maximum Gasteiger partial charge on any atom is 0.279 e. The fraction of sp³-hybridized carbons (Fsp3) is 0.235. The summed E-state index contributed by atoms with van der Waals surface area (Å²) >= 11 is 12.2. The first-order valence-corrected chi connectivity index (χ1v) is 8.32. The second kappa shape index (κ2) is 8.29. The van der Waals surface area contributed by atoms with E-state index < -0.39 is 4.92 Å². The average molecular weight is 383 g/mol. The number of hydrogen-bond acceptors (Lipinski definition) is 3. The van der Waals surface area contributed by atoms with Gasteiger partial charge in [0, 0.05) is 23.4 Å². The number of carbonyl (C=O) groups is 1. The Morgan fingerprint density at radius 1 is 1.28 bits per heavy atom. The van der Waals surface area contributed by atoms with E-state index in [0.717, 1.165) is 10.5 Å². The molecule has 0 aromatic heterocycles. The molecule has 0 aliphatic carbocycles. The van der Waals surface area contributed by atoms with Crippen molar-refractivity contribution in [3.05, 3.63) is 67.7 Å². The predicted molar refractivity (Wildman–Crippen MR) is 98.4 cm³/mol. The summed E-state index contributed by atoms with van der Waals surface area (Å²) in [5, 5.41) is 14.5. The van der Waals surface area contributed by atoms with E-state index in [1.807, 2.05) is 19.2 Å². The van der Waals surface area contributed by atoms with Crippen LogP contribution >= 0.6 is 23.2 Å². The number of benzene rings is 2. The van der Waals surface area contributed by atoms with Crippen molar-refractivity contribution in [3.8, 4) is 0 Å². The second-order valence-corrected chi connectivity index (χ2v) is 6.61. The van der Waals surface area contributed by atoms with Crippen LogP contribution in [-0.4, -0.2) is 24.4 Å². The summed E-state index contributed by atoms with van der Waals surface area (Å²) in [4.78, 5) is 23.4. The number of amides is 1. The van der Waals surface area contributed by atoms with Crippen molar-refractivity contribution in [3.63, 3.8) is 0 Å². The summed E-state index contributed by atoms with van der Waals surface area (Å²) in [5.74, 6) is -0.187. The van der Waals surface area contributed by atoms with Crippen molar-refractivity contribution in [1.29, 1.82) is 0 Å². The molecule has 2 rings (SSSR count). The van der Waals surface area contributed by atoms with Crippen LogP contribution in [0.3, 0.4) is 0 Å². The average Bonchev–Trinajstić information content (AvgIpc) is 2.53. The highest BCUT2D eigenvalue weighted by molar-refractivity contribution is 6.42. The lowest BCUT2D eigenvalue weighted by Gasteiger charge is -2.15. The second-order valence-electron chi connectivity index (χ2n) is 5.83. The SMILES string of the molecule is Cc1cc([N+](=O)[O-])ccc1NC(=O)C[NH+](C)Cc1cccc(Cl)c1Cl. The van der Waals surface area contributed by atoms with Crippen LogP contribution < -0.4 is 10.2 Å². The summed E-state index contributed by atoms with van der Waals surface area (Å²) in [7, 11) is 1.87. The molecule has 0 aliphatic heterocycles. The topological polar surface area (TPSA) is 76.7 Å². The van der Waals surface area contributed by atoms with Crippen LogP contribution in [0, 0.1) is 17.0 Å². The summed E-state index contributed by atoms with van der Waals surface area (Å²) in [6.45, 7) is 2.48. The molecule has 0 spiro atoms. The summed E-state index contributed by atoms with van der Waals surface area (Å²) in [6.07, 6.45) is 0. The Hall–Kier alpha value is -2.15. The summed E-state index contributed by atoms with van der Waals surface area (Å²) in [6, 6.07) is 9.73. The van der Waals surface area contributed by atoms with Crippen molar-refractivity contribution in [1.82, 2.24) is 0 Å². The molecule has 6 nitrogen and oxygen atoms in total. The third kappa shape index (κ3) is 5.16. The van der Waals surface area contributed by atoms with Crippen molar-refractivity contribution < 1.29 is 14.6 Å². The molecule has 2 aromatic carbocycles. The van der Waals surface area contributed by atoms with E-state index >= 15 is 0 Å². The molecule has 132 valence electrons. The number of rotatable bonds is 6. The number of halogens is 2. The fourth-order valence-corrected chi connectivity index (χ4v) is 2.83. The fourth-order valence-electron chi connectivity index (χ4n) is 2.44. The van der Waals surface area contributed by atoms with E-state index in [-0.39, 0.29) is 18.1 Å². The highest BCUT2D eigenvalue weighted by Gasteiger charge is 2.15. The van der Waals surface area contributed by atoms with E-state index in [4.69, 9.17) is 23.2 Å². The van der Waals surface area contributed by atoms with E-state index in [0.29, 0.717) is 27.8 Å². The number of aryl methyl sites for hydroxylation is 1. The third-order valence-corrected chi connectivity index (χ3v) is 4.54. The van der Waals surface area contributed by atoms with Gasteiger partial charge >= 0.3 is 0 Å². The van der Waals surface area contributed by atoms with Gasteiger partial charge < -0.3 is 10.2 Å². The van der Waals surface area contributed by atoms with Gasteiger partial charge in [0.15, 0.2) is 6.54 Å². The number of hydrogen-bond donors (Lipinski definition) is 2. The Morgan fingerprint density at radius 2 is 2.00 bits per heavy atom. The molecule has 0 aliphatic rings. The van der Waals surface area contributed by atoms with Gasteiger partial charge in [0.1, 0.15) is 6.54 Å². The lowest BCUT2D eigenvalue weighted by molar-refractivity contribution is -0.885. The number of quaternary nitrogens is 1. The molecule has 2 aromatic rings. The zero-order valence-electron chi connectivity index (χ0n) is 13.8. The molecule has 0 bridgehead atoms. The minimum absolute atomic E-state index is 0.00570. The summed E-state index contributed by atoms with van der Waals surface area (Å²) < 4.78 is 0. The Kier molecular flexibility index (Phi) is 6.36. The van der Waals surface area contributed by atoms with Crippen molar-refractivity contribution in [2.45, 2.75) is 13.5 Å². The minimum atomic E-state index is -0.467. The minimum Gasteiger partial charge on any atom is -0.326 e. The first kappa shape index (κ1) is 19.2. The van der Waals surface area contributed by atoms with Crippen LogP contribution in [0.25, 0.3) is 0 Å². The molecule has 1 unspecified atom stereocenters. The monoisotopic (exact) mass is 382 g/mol.